The zero-order chi connectivity index (χ0) is 12.3. The number of thiol groups is 1. The van der Waals surface area contributed by atoms with E-state index in [1.165, 1.54) is 11.3 Å². The maximum absolute atomic E-state index is 11.6. The summed E-state index contributed by atoms with van der Waals surface area (Å²) in [6.45, 7) is 2.55. The highest BCUT2D eigenvalue weighted by Crippen LogP contribution is 2.16. The van der Waals surface area contributed by atoms with Crippen LogP contribution in [0.4, 0.5) is 5.69 Å². The number of nitrogens with zero attached hydrogens (tertiary/aromatic N) is 2. The van der Waals surface area contributed by atoms with Gasteiger partial charge in [0.15, 0.2) is 0 Å². The Morgan fingerprint density at radius 1 is 1.41 bits per heavy atom. The van der Waals surface area contributed by atoms with Crippen LogP contribution in [0.3, 0.4) is 0 Å². The minimum Gasteiger partial charge on any atom is -0.293 e. The van der Waals surface area contributed by atoms with E-state index in [4.69, 9.17) is 0 Å². The van der Waals surface area contributed by atoms with Crippen LogP contribution in [-0.2, 0) is 6.54 Å². The summed E-state index contributed by atoms with van der Waals surface area (Å²) in [4.78, 5) is 16.7. The van der Waals surface area contributed by atoms with E-state index in [1.54, 1.807) is 10.8 Å². The largest absolute Gasteiger partial charge is 0.308 e. The third-order valence-corrected chi connectivity index (χ3v) is 3.84. The number of hydrogen-bond donors (Lipinski definition) is 1. The summed E-state index contributed by atoms with van der Waals surface area (Å²) in [6, 6.07) is 9.61. The van der Waals surface area contributed by atoms with Crippen LogP contribution in [0.25, 0.3) is 0 Å². The Labute approximate surface area is 109 Å². The molecule has 17 heavy (non-hydrogen) atoms. The summed E-state index contributed by atoms with van der Waals surface area (Å²) in [5.41, 5.74) is 0.865. The maximum Gasteiger partial charge on any atom is 0.308 e. The molecule has 1 aromatic carbocycles. The molecule has 3 nitrogen and oxygen atoms in total. The van der Waals surface area contributed by atoms with Gasteiger partial charge in [0.05, 0.1) is 15.6 Å². The molecule has 0 aliphatic rings. The minimum atomic E-state index is 0.00649. The van der Waals surface area contributed by atoms with E-state index in [0.717, 1.165) is 10.6 Å². The predicted molar refractivity (Wildman–Crippen MR) is 75.2 cm³/mol. The van der Waals surface area contributed by atoms with Crippen LogP contribution in [-0.4, -0.2) is 10.8 Å². The van der Waals surface area contributed by atoms with Gasteiger partial charge in [-0.2, -0.15) is 0 Å². The second kappa shape index (κ2) is 5.33. The Hall–Kier alpha value is -1.33. The van der Waals surface area contributed by atoms with E-state index >= 15 is 0 Å². The molecule has 0 bridgehead atoms. The van der Waals surface area contributed by atoms with Crippen molar-refractivity contribution in [2.75, 3.05) is 0 Å². The van der Waals surface area contributed by atoms with Crippen molar-refractivity contribution < 1.29 is 0 Å². The van der Waals surface area contributed by atoms with Crippen molar-refractivity contribution in [1.82, 2.24) is 4.57 Å². The summed E-state index contributed by atoms with van der Waals surface area (Å²) in [7, 11) is 0. The third-order valence-electron chi connectivity index (χ3n) is 2.30. The molecule has 0 aliphatic heterocycles. The van der Waals surface area contributed by atoms with Crippen molar-refractivity contribution in [3.8, 4) is 0 Å². The van der Waals surface area contributed by atoms with E-state index in [2.05, 4.69) is 17.6 Å². The molecular formula is C12H12N2OS2. The van der Waals surface area contributed by atoms with Crippen LogP contribution >= 0.6 is 24.0 Å². The van der Waals surface area contributed by atoms with Crippen LogP contribution in [0, 0.1) is 0 Å². The van der Waals surface area contributed by atoms with Crippen molar-refractivity contribution in [2.24, 2.45) is 4.99 Å². The molecule has 88 valence electrons. The molecule has 0 amide bonds. The fourth-order valence-electron chi connectivity index (χ4n) is 1.42. The number of thiazole rings is 1. The predicted octanol–water partition coefficient (Wildman–Crippen LogP) is 2.97. The van der Waals surface area contributed by atoms with Gasteiger partial charge in [-0.3, -0.25) is 14.4 Å². The molecule has 0 N–H and O–H groups in total. The van der Waals surface area contributed by atoms with Crippen molar-refractivity contribution >= 4 is 35.9 Å². The number of aliphatic imine (C=N–C) groups is 1. The SMILES string of the molecule is CCn1c(S)c(C=Nc2ccccc2)sc1=O. The minimum absolute atomic E-state index is 0.00649. The lowest BCUT2D eigenvalue weighted by Gasteiger charge is -1.97. The van der Waals surface area contributed by atoms with Gasteiger partial charge in [0.2, 0.25) is 0 Å². The van der Waals surface area contributed by atoms with E-state index in [0.29, 0.717) is 11.6 Å². The average molecular weight is 264 g/mol. The number of benzene rings is 1. The molecule has 2 aromatic rings. The van der Waals surface area contributed by atoms with E-state index in [-0.39, 0.29) is 4.87 Å². The van der Waals surface area contributed by atoms with E-state index in [9.17, 15) is 4.79 Å². The lowest BCUT2D eigenvalue weighted by atomic mass is 10.3. The molecule has 0 saturated heterocycles. The lowest BCUT2D eigenvalue weighted by Crippen LogP contribution is -2.11. The van der Waals surface area contributed by atoms with Crippen molar-refractivity contribution in [3.05, 3.63) is 44.9 Å². The molecule has 0 unspecified atom stereocenters. The molecule has 0 spiro atoms. The summed E-state index contributed by atoms with van der Waals surface area (Å²) in [5.74, 6) is 0. The van der Waals surface area contributed by atoms with Gasteiger partial charge in [0.25, 0.3) is 0 Å². The molecule has 5 heteroatoms. The van der Waals surface area contributed by atoms with Gasteiger partial charge in [0, 0.05) is 12.8 Å². The van der Waals surface area contributed by atoms with Crippen LogP contribution < -0.4 is 4.87 Å². The normalized spacial score (nSPS) is 11.2. The first-order chi connectivity index (χ1) is 8.22. The standard InChI is InChI=1S/C12H12N2OS2/c1-2-14-11(16)10(17-12(14)15)8-13-9-6-4-3-5-7-9/h3-8,16H,2H2,1H3. The molecular weight excluding hydrogens is 252 g/mol. The molecule has 1 aromatic heterocycles. The smallest absolute Gasteiger partial charge is 0.293 e. The van der Waals surface area contributed by atoms with Gasteiger partial charge >= 0.3 is 4.87 Å². The number of rotatable bonds is 3. The van der Waals surface area contributed by atoms with Gasteiger partial charge in [0.1, 0.15) is 0 Å². The number of aromatic nitrogens is 1. The molecule has 0 atom stereocenters. The topological polar surface area (TPSA) is 34.4 Å². The molecule has 1 heterocycles. The van der Waals surface area contributed by atoms with Gasteiger partial charge in [-0.1, -0.05) is 29.5 Å². The van der Waals surface area contributed by atoms with Crippen molar-refractivity contribution in [1.29, 1.82) is 0 Å². The highest BCUT2D eigenvalue weighted by molar-refractivity contribution is 7.80. The van der Waals surface area contributed by atoms with Gasteiger partial charge < -0.3 is 0 Å². The van der Waals surface area contributed by atoms with Crippen LogP contribution in [0.5, 0.6) is 0 Å². The van der Waals surface area contributed by atoms with E-state index < -0.39 is 0 Å². The monoisotopic (exact) mass is 264 g/mol. The molecule has 0 radical (unpaired) electrons. The second-order valence-electron chi connectivity index (χ2n) is 3.39. The van der Waals surface area contributed by atoms with Crippen molar-refractivity contribution in [2.45, 2.75) is 18.5 Å². The summed E-state index contributed by atoms with van der Waals surface area (Å²) in [6.07, 6.45) is 1.69. The quantitative estimate of drug-likeness (QED) is 0.671. The highest BCUT2D eigenvalue weighted by atomic mass is 32.1. The fourth-order valence-corrected chi connectivity index (χ4v) is 2.74. The zero-order valence-electron chi connectivity index (χ0n) is 9.33. The molecule has 0 saturated carbocycles. The first-order valence-electron chi connectivity index (χ1n) is 5.24. The summed E-state index contributed by atoms with van der Waals surface area (Å²) >= 11 is 5.51. The van der Waals surface area contributed by atoms with E-state index in [1.807, 2.05) is 37.3 Å². The second-order valence-corrected chi connectivity index (χ2v) is 4.81. The van der Waals surface area contributed by atoms with Crippen molar-refractivity contribution in [3.63, 3.8) is 0 Å². The van der Waals surface area contributed by atoms with Gasteiger partial charge in [-0.15, -0.1) is 12.6 Å². The van der Waals surface area contributed by atoms with Crippen LogP contribution in [0.2, 0.25) is 0 Å². The Bertz CT molecular complexity index is 584. The Morgan fingerprint density at radius 2 is 2.12 bits per heavy atom. The first kappa shape index (κ1) is 12.1. The zero-order valence-corrected chi connectivity index (χ0v) is 11.0. The molecule has 2 rings (SSSR count). The highest BCUT2D eigenvalue weighted by Gasteiger charge is 2.07. The van der Waals surface area contributed by atoms with Crippen LogP contribution in [0.15, 0.2) is 45.1 Å². The summed E-state index contributed by atoms with van der Waals surface area (Å²) in [5, 5.41) is 0.683. The Balaban J connectivity index is 2.31. The summed E-state index contributed by atoms with van der Waals surface area (Å²) < 4.78 is 1.63. The first-order valence-corrected chi connectivity index (χ1v) is 6.50. The van der Waals surface area contributed by atoms with Gasteiger partial charge in [-0.25, -0.2) is 0 Å². The Morgan fingerprint density at radius 3 is 2.71 bits per heavy atom. The Kier molecular flexibility index (Phi) is 3.81. The lowest BCUT2D eigenvalue weighted by molar-refractivity contribution is 0.684. The average Bonchev–Trinajstić information content (AvgIpc) is 2.63. The number of para-hydroxylation sites is 1. The fraction of sp³-hybridized carbons (Fsp3) is 0.167. The van der Waals surface area contributed by atoms with Gasteiger partial charge in [-0.05, 0) is 19.1 Å². The number of hydrogen-bond acceptors (Lipinski definition) is 4. The third kappa shape index (κ3) is 2.68. The molecule has 0 aliphatic carbocycles. The molecule has 0 fully saturated rings. The maximum atomic E-state index is 11.6. The van der Waals surface area contributed by atoms with Crippen LogP contribution in [0.1, 0.15) is 11.8 Å².